The Balaban J connectivity index is 2.22. The highest BCUT2D eigenvalue weighted by atomic mass is 16.7. The minimum absolute atomic E-state index is 0.187. The standard InChI is InChI=1S/C64H115NO8/c1-3-5-7-9-11-13-15-17-19-21-23-25-27-28-29-30-32-34-36-38-40-42-44-46-48-50-52-54-60(68)65-57(56-72-64-63(71)62(70)61(69)59(55-66)73-64)58(67)53-51-49-47-45-43-41-39-37-35-33-31-26-24-22-20-18-16-14-12-10-8-6-4-2/h5,7,11,13,17,19,23,25,43,45,51,53,57-59,61-64,66-67,69-71H,3-4,6,8-10,12,14-16,18,20-22,24,26-42,44,46-50,52,54-56H2,1-2H3,(H,65,68)/b7-5-,13-11-,19-17-,25-23-,45-43+,53-51+. The molecule has 0 aromatic heterocycles. The molecule has 0 saturated carbocycles. The first-order chi connectivity index (χ1) is 35.8. The zero-order chi connectivity index (χ0) is 52.9. The Morgan fingerprint density at radius 2 is 0.863 bits per heavy atom. The molecule has 0 radical (unpaired) electrons. The van der Waals surface area contributed by atoms with Gasteiger partial charge in [-0.15, -0.1) is 0 Å². The Morgan fingerprint density at radius 3 is 1.32 bits per heavy atom. The highest BCUT2D eigenvalue weighted by Gasteiger charge is 2.44. The van der Waals surface area contributed by atoms with E-state index in [0.717, 1.165) is 64.2 Å². The van der Waals surface area contributed by atoms with Crippen molar-refractivity contribution in [2.45, 2.75) is 314 Å². The molecule has 1 fully saturated rings. The van der Waals surface area contributed by atoms with Crippen LogP contribution < -0.4 is 5.32 Å². The Kier molecular flexibility index (Phi) is 49.9. The molecule has 1 saturated heterocycles. The van der Waals surface area contributed by atoms with Crippen molar-refractivity contribution in [2.24, 2.45) is 0 Å². The van der Waals surface area contributed by atoms with Crippen LogP contribution >= 0.6 is 0 Å². The number of allylic oxidation sites excluding steroid dienone is 11. The second-order valence-corrected chi connectivity index (χ2v) is 21.1. The second-order valence-electron chi connectivity index (χ2n) is 21.1. The molecule has 0 aromatic carbocycles. The van der Waals surface area contributed by atoms with Gasteiger partial charge in [-0.05, 0) is 70.6 Å². The lowest BCUT2D eigenvalue weighted by atomic mass is 9.99. The molecule has 0 aromatic rings. The van der Waals surface area contributed by atoms with Gasteiger partial charge in [0.05, 0.1) is 25.4 Å². The summed E-state index contributed by atoms with van der Waals surface area (Å²) >= 11 is 0. The first-order valence-corrected chi connectivity index (χ1v) is 30.7. The van der Waals surface area contributed by atoms with E-state index in [2.05, 4.69) is 79.9 Å². The maximum Gasteiger partial charge on any atom is 0.220 e. The van der Waals surface area contributed by atoms with Crippen molar-refractivity contribution >= 4 is 5.91 Å². The van der Waals surface area contributed by atoms with E-state index < -0.39 is 49.5 Å². The van der Waals surface area contributed by atoms with E-state index in [1.165, 1.54) is 186 Å². The Morgan fingerprint density at radius 1 is 0.479 bits per heavy atom. The average molecular weight is 1030 g/mol. The predicted octanol–water partition coefficient (Wildman–Crippen LogP) is 15.6. The van der Waals surface area contributed by atoms with Crippen LogP contribution in [0, 0.1) is 0 Å². The van der Waals surface area contributed by atoms with E-state index in [0.29, 0.717) is 6.42 Å². The van der Waals surface area contributed by atoms with Crippen LogP contribution in [0.2, 0.25) is 0 Å². The lowest BCUT2D eigenvalue weighted by Crippen LogP contribution is -2.60. The smallest absolute Gasteiger partial charge is 0.220 e. The fourth-order valence-electron chi connectivity index (χ4n) is 9.46. The van der Waals surface area contributed by atoms with Crippen molar-refractivity contribution in [1.82, 2.24) is 5.32 Å². The van der Waals surface area contributed by atoms with Crippen LogP contribution in [0.1, 0.15) is 271 Å². The van der Waals surface area contributed by atoms with E-state index in [1.807, 2.05) is 6.08 Å². The molecule has 1 rings (SSSR count). The third-order valence-electron chi connectivity index (χ3n) is 14.3. The van der Waals surface area contributed by atoms with E-state index in [1.54, 1.807) is 6.08 Å². The van der Waals surface area contributed by atoms with Gasteiger partial charge in [-0.1, -0.05) is 267 Å². The van der Waals surface area contributed by atoms with Crippen LogP contribution in [0.4, 0.5) is 0 Å². The summed E-state index contributed by atoms with van der Waals surface area (Å²) in [4.78, 5) is 13.1. The SMILES string of the molecule is CC/C=C\C/C=C\C/C=C\C/C=C\CCCCCCCCCCCCCCCCC(=O)NC(COC1OC(CO)C(O)C(O)C1O)C(O)/C=C/CC/C=C/CCCCCCCCCCCCCCCCCCC. The number of ether oxygens (including phenoxy) is 2. The third kappa shape index (κ3) is 42.4. The van der Waals surface area contributed by atoms with Gasteiger partial charge in [0.2, 0.25) is 5.91 Å². The first kappa shape index (κ1) is 68.6. The molecule has 7 atom stereocenters. The fourth-order valence-corrected chi connectivity index (χ4v) is 9.46. The normalized spacial score (nSPS) is 19.6. The predicted molar refractivity (Wildman–Crippen MR) is 309 cm³/mol. The van der Waals surface area contributed by atoms with E-state index in [-0.39, 0.29) is 12.5 Å². The van der Waals surface area contributed by atoms with Crippen LogP contribution in [0.3, 0.4) is 0 Å². The van der Waals surface area contributed by atoms with Crippen LogP contribution in [-0.4, -0.2) is 87.5 Å². The molecule has 1 aliphatic heterocycles. The maximum atomic E-state index is 13.1. The van der Waals surface area contributed by atoms with Gasteiger partial charge < -0.3 is 40.3 Å². The largest absolute Gasteiger partial charge is 0.394 e. The number of rotatable bonds is 52. The summed E-state index contributed by atoms with van der Waals surface area (Å²) in [7, 11) is 0. The van der Waals surface area contributed by atoms with Crippen LogP contribution in [0.25, 0.3) is 0 Å². The van der Waals surface area contributed by atoms with Gasteiger partial charge in [-0.2, -0.15) is 0 Å². The van der Waals surface area contributed by atoms with Crippen LogP contribution in [0.15, 0.2) is 72.9 Å². The Bertz CT molecular complexity index is 1380. The lowest BCUT2D eigenvalue weighted by molar-refractivity contribution is -0.302. The van der Waals surface area contributed by atoms with Gasteiger partial charge in [-0.25, -0.2) is 0 Å². The first-order valence-electron chi connectivity index (χ1n) is 30.7. The molecule has 0 aliphatic carbocycles. The van der Waals surface area contributed by atoms with Crippen molar-refractivity contribution < 1.29 is 39.8 Å². The summed E-state index contributed by atoms with van der Waals surface area (Å²) in [5.74, 6) is -0.187. The molecule has 9 nitrogen and oxygen atoms in total. The average Bonchev–Trinajstić information content (AvgIpc) is 3.39. The van der Waals surface area contributed by atoms with Gasteiger partial charge >= 0.3 is 0 Å². The number of carbonyl (C=O) groups is 1. The number of hydrogen-bond donors (Lipinski definition) is 6. The summed E-state index contributed by atoms with van der Waals surface area (Å²) < 4.78 is 11.3. The van der Waals surface area contributed by atoms with Gasteiger partial charge in [0.1, 0.15) is 24.4 Å². The van der Waals surface area contributed by atoms with Crippen molar-refractivity contribution in [3.63, 3.8) is 0 Å². The van der Waals surface area contributed by atoms with E-state index >= 15 is 0 Å². The third-order valence-corrected chi connectivity index (χ3v) is 14.3. The number of aliphatic hydroxyl groups is 5. The van der Waals surface area contributed by atoms with Crippen molar-refractivity contribution in [3.8, 4) is 0 Å². The second kappa shape index (κ2) is 53.0. The fraction of sp³-hybridized carbons (Fsp3) is 0.797. The Hall–Kier alpha value is -2.37. The molecule has 9 heteroatoms. The van der Waals surface area contributed by atoms with Crippen LogP contribution in [0.5, 0.6) is 0 Å². The molecule has 0 spiro atoms. The summed E-state index contributed by atoms with van der Waals surface area (Å²) in [6.07, 6.45) is 66.9. The number of hydrogen-bond acceptors (Lipinski definition) is 8. The number of unbranched alkanes of at least 4 members (excludes halogenated alkanes) is 32. The summed E-state index contributed by atoms with van der Waals surface area (Å²) in [5, 5.41) is 54.6. The minimum Gasteiger partial charge on any atom is -0.394 e. The van der Waals surface area contributed by atoms with Gasteiger partial charge in [-0.3, -0.25) is 4.79 Å². The molecule has 73 heavy (non-hydrogen) atoms. The summed E-state index contributed by atoms with van der Waals surface area (Å²) in [6.45, 7) is 3.68. The van der Waals surface area contributed by atoms with E-state index in [9.17, 15) is 30.3 Å². The molecule has 7 unspecified atom stereocenters. The number of aliphatic hydroxyl groups excluding tert-OH is 5. The molecule has 6 N–H and O–H groups in total. The molecular formula is C64H115NO8. The van der Waals surface area contributed by atoms with Gasteiger partial charge in [0.15, 0.2) is 6.29 Å². The lowest BCUT2D eigenvalue weighted by Gasteiger charge is -2.40. The molecule has 424 valence electrons. The quantitative estimate of drug-likeness (QED) is 0.0261. The van der Waals surface area contributed by atoms with Crippen LogP contribution in [-0.2, 0) is 14.3 Å². The van der Waals surface area contributed by atoms with Crippen molar-refractivity contribution in [2.75, 3.05) is 13.2 Å². The van der Waals surface area contributed by atoms with Gasteiger partial charge in [0.25, 0.3) is 0 Å². The molecule has 1 aliphatic rings. The molecular weight excluding hydrogens is 911 g/mol. The minimum atomic E-state index is -1.57. The van der Waals surface area contributed by atoms with Crippen molar-refractivity contribution in [1.29, 1.82) is 0 Å². The molecule has 0 bridgehead atoms. The molecule has 1 amide bonds. The Labute approximate surface area is 448 Å². The van der Waals surface area contributed by atoms with Crippen molar-refractivity contribution in [3.05, 3.63) is 72.9 Å². The zero-order valence-electron chi connectivity index (χ0n) is 47.1. The monoisotopic (exact) mass is 1030 g/mol. The van der Waals surface area contributed by atoms with E-state index in [4.69, 9.17) is 9.47 Å². The van der Waals surface area contributed by atoms with Gasteiger partial charge in [0, 0.05) is 6.42 Å². The maximum absolute atomic E-state index is 13.1. The highest BCUT2D eigenvalue weighted by molar-refractivity contribution is 5.76. The highest BCUT2D eigenvalue weighted by Crippen LogP contribution is 2.23. The number of carbonyl (C=O) groups excluding carboxylic acids is 1. The summed E-state index contributed by atoms with van der Waals surface area (Å²) in [6, 6.07) is -0.826. The summed E-state index contributed by atoms with van der Waals surface area (Å²) in [5.41, 5.74) is 0. The topological polar surface area (TPSA) is 149 Å². The number of amides is 1. The molecule has 1 heterocycles. The number of nitrogens with one attached hydrogen (secondary N) is 1. The zero-order valence-corrected chi connectivity index (χ0v) is 47.1.